The molecule has 4 aromatic rings. The molecular weight excluding hydrogens is 859 g/mol. The SMILES string of the molecule is CCn1c(-c2cccnc2[C@H](C)OC)c2c3cc(ccc31)-c1cccc(c1)C[C@H](NC(=O)[C@H](COC1CN(C(=O)C#CC(C)(C)N(C)C)C1)C(C)C)C(=O)N1CCC[C@H](N1)C(=O)OCC(C)(C)C2. The average molecular weight is 930 g/mol. The molecule has 14 nitrogen and oxygen atoms in total. The van der Waals surface area contributed by atoms with E-state index in [1.807, 2.05) is 71.8 Å². The summed E-state index contributed by atoms with van der Waals surface area (Å²) in [4.78, 5) is 64.2. The number of hydrazine groups is 1. The van der Waals surface area contributed by atoms with Crippen LogP contribution in [0.15, 0.2) is 60.8 Å². The van der Waals surface area contributed by atoms with Gasteiger partial charge in [-0.05, 0) is 119 Å². The Balaban J connectivity index is 1.20. The van der Waals surface area contributed by atoms with Gasteiger partial charge >= 0.3 is 5.97 Å². The van der Waals surface area contributed by atoms with Gasteiger partial charge < -0.3 is 29.0 Å². The summed E-state index contributed by atoms with van der Waals surface area (Å²) in [6.07, 6.45) is 3.22. The zero-order chi connectivity index (χ0) is 49.1. The predicted octanol–water partition coefficient (Wildman–Crippen LogP) is 6.59. The summed E-state index contributed by atoms with van der Waals surface area (Å²) in [6, 6.07) is 17.1. The largest absolute Gasteiger partial charge is 0.464 e. The molecule has 7 rings (SSSR count). The minimum Gasteiger partial charge on any atom is -0.464 e. The molecule has 0 radical (unpaired) electrons. The molecule has 5 heterocycles. The Kier molecular flexibility index (Phi) is 15.5. The summed E-state index contributed by atoms with van der Waals surface area (Å²) in [5, 5.41) is 5.70. The van der Waals surface area contributed by atoms with Crippen LogP contribution >= 0.6 is 0 Å². The van der Waals surface area contributed by atoms with Crippen molar-refractivity contribution >= 4 is 34.6 Å². The summed E-state index contributed by atoms with van der Waals surface area (Å²) in [6.45, 7) is 18.4. The first kappa shape index (κ1) is 50.3. The highest BCUT2D eigenvalue weighted by molar-refractivity contribution is 5.96. The van der Waals surface area contributed by atoms with Gasteiger partial charge in [-0.1, -0.05) is 63.9 Å². The Hall–Kier alpha value is -5.59. The maximum absolute atomic E-state index is 14.7. The molecule has 2 fully saturated rings. The van der Waals surface area contributed by atoms with Gasteiger partial charge in [-0.15, -0.1) is 0 Å². The van der Waals surface area contributed by atoms with E-state index in [-0.39, 0.29) is 55.5 Å². The lowest BCUT2D eigenvalue weighted by molar-refractivity contribution is -0.155. The summed E-state index contributed by atoms with van der Waals surface area (Å²) in [7, 11) is 5.54. The summed E-state index contributed by atoms with van der Waals surface area (Å²) < 4.78 is 20.5. The Labute approximate surface area is 402 Å². The van der Waals surface area contributed by atoms with Crippen LogP contribution in [-0.2, 0) is 52.8 Å². The van der Waals surface area contributed by atoms with Crippen LogP contribution in [0.5, 0.6) is 0 Å². The molecule has 0 saturated carbocycles. The highest BCUT2D eigenvalue weighted by Crippen LogP contribution is 2.42. The molecule has 14 heteroatoms. The van der Waals surface area contributed by atoms with E-state index in [4.69, 9.17) is 19.2 Å². The fourth-order valence-corrected chi connectivity index (χ4v) is 9.18. The third kappa shape index (κ3) is 11.1. The van der Waals surface area contributed by atoms with Crippen LogP contribution in [0, 0.1) is 29.1 Å². The van der Waals surface area contributed by atoms with E-state index in [2.05, 4.69) is 84.3 Å². The van der Waals surface area contributed by atoms with E-state index in [9.17, 15) is 19.2 Å². The molecular formula is C54H71N7O7. The molecule has 364 valence electrons. The molecule has 3 aliphatic rings. The van der Waals surface area contributed by atoms with Crippen LogP contribution in [0.3, 0.4) is 0 Å². The molecule has 2 N–H and O–H groups in total. The molecule has 0 unspecified atom stereocenters. The number of fused-ring (bicyclic) bond motifs is 6. The van der Waals surface area contributed by atoms with Gasteiger partial charge in [-0.3, -0.25) is 34.1 Å². The molecule has 6 bridgehead atoms. The number of esters is 1. The number of ether oxygens (including phenoxy) is 3. The lowest BCUT2D eigenvalue weighted by Crippen LogP contribution is -2.61. The van der Waals surface area contributed by atoms with Gasteiger partial charge in [0.1, 0.15) is 12.1 Å². The van der Waals surface area contributed by atoms with Gasteiger partial charge in [0.2, 0.25) is 5.91 Å². The molecule has 2 aromatic carbocycles. The highest BCUT2D eigenvalue weighted by atomic mass is 16.5. The maximum Gasteiger partial charge on any atom is 0.324 e. The van der Waals surface area contributed by atoms with Gasteiger partial charge in [-0.25, -0.2) is 5.43 Å². The highest BCUT2D eigenvalue weighted by Gasteiger charge is 2.38. The number of methoxy groups -OCH3 is 1. The van der Waals surface area contributed by atoms with Gasteiger partial charge in [0, 0.05) is 67.8 Å². The Bertz CT molecular complexity index is 2560. The zero-order valence-corrected chi connectivity index (χ0v) is 41.9. The van der Waals surface area contributed by atoms with E-state index in [0.29, 0.717) is 45.4 Å². The third-order valence-electron chi connectivity index (χ3n) is 14.0. The van der Waals surface area contributed by atoms with E-state index in [0.717, 1.165) is 50.1 Å². The minimum absolute atomic E-state index is 0.114. The fourth-order valence-electron chi connectivity index (χ4n) is 9.18. The van der Waals surface area contributed by atoms with Crippen molar-refractivity contribution in [2.45, 2.75) is 117 Å². The van der Waals surface area contributed by atoms with E-state index < -0.39 is 34.9 Å². The minimum atomic E-state index is -0.959. The standard InChI is InChI=1S/C54H71N7O7/c1-12-60-46-21-20-38-28-41(46)42(49(60)40-18-14-24-55-48(40)35(4)66-11)29-53(5,6)33-68-52(65)44-19-15-25-61(57-44)51(64)45(27-36-16-13-17-37(38)26-36)56-50(63)43(34(2)3)32-67-39-30-59(31-39)47(62)22-23-54(7,8)58(9)10/h13-14,16-18,20-21,24,26,28,34-35,39,43-45,57H,12,15,19,25,27,29-33H2,1-11H3,(H,56,63)/t35-,43+,44-,45-/m0/s1. The number of nitrogens with one attached hydrogen (secondary N) is 2. The van der Waals surface area contributed by atoms with Crippen molar-refractivity contribution in [3.05, 3.63) is 77.6 Å². The number of nitrogens with zero attached hydrogens (tertiary/aromatic N) is 5. The van der Waals surface area contributed by atoms with Crippen molar-refractivity contribution in [1.29, 1.82) is 0 Å². The number of hydrogen-bond acceptors (Lipinski definition) is 10. The second-order valence-corrected chi connectivity index (χ2v) is 20.6. The quantitative estimate of drug-likeness (QED) is 0.125. The van der Waals surface area contributed by atoms with Crippen molar-refractivity contribution in [2.24, 2.45) is 17.3 Å². The third-order valence-corrected chi connectivity index (χ3v) is 14.0. The zero-order valence-electron chi connectivity index (χ0n) is 41.9. The van der Waals surface area contributed by atoms with Crippen LogP contribution in [0.1, 0.15) is 91.2 Å². The van der Waals surface area contributed by atoms with Crippen LogP contribution in [0.2, 0.25) is 0 Å². The number of cyclic esters (lactones) is 1. The Morgan fingerprint density at radius 1 is 1.06 bits per heavy atom. The van der Waals surface area contributed by atoms with Crippen molar-refractivity contribution in [2.75, 3.05) is 54.1 Å². The Morgan fingerprint density at radius 2 is 1.81 bits per heavy atom. The summed E-state index contributed by atoms with van der Waals surface area (Å²) in [5.41, 5.74) is 10.2. The van der Waals surface area contributed by atoms with Gasteiger partial charge in [0.15, 0.2) is 0 Å². The second-order valence-electron chi connectivity index (χ2n) is 20.6. The monoisotopic (exact) mass is 930 g/mol. The predicted molar refractivity (Wildman–Crippen MR) is 264 cm³/mol. The number of likely N-dealkylation sites (tertiary alicyclic amines) is 1. The van der Waals surface area contributed by atoms with Gasteiger partial charge in [0.05, 0.1) is 48.3 Å². The first-order valence-corrected chi connectivity index (χ1v) is 24.2. The fraction of sp³-hybridized carbons (Fsp3) is 0.537. The Morgan fingerprint density at radius 3 is 2.51 bits per heavy atom. The molecule has 2 aromatic heterocycles. The number of hydrogen-bond donors (Lipinski definition) is 2. The topological polar surface area (TPSA) is 148 Å². The van der Waals surface area contributed by atoms with Crippen molar-refractivity contribution < 1.29 is 33.4 Å². The van der Waals surface area contributed by atoms with E-state index in [1.54, 1.807) is 18.2 Å². The van der Waals surface area contributed by atoms with E-state index in [1.165, 1.54) is 5.01 Å². The molecule has 3 amide bonds. The number of pyridine rings is 1. The smallest absolute Gasteiger partial charge is 0.324 e. The number of carbonyl (C=O) groups is 4. The number of amides is 3. The molecule has 0 aliphatic carbocycles. The van der Waals surface area contributed by atoms with Gasteiger partial charge in [-0.2, -0.15) is 0 Å². The number of carbonyl (C=O) groups excluding carboxylic acids is 4. The average Bonchev–Trinajstić information content (AvgIpc) is 3.60. The first-order valence-electron chi connectivity index (χ1n) is 24.2. The van der Waals surface area contributed by atoms with Gasteiger partial charge in [0.25, 0.3) is 11.8 Å². The molecule has 4 atom stereocenters. The van der Waals surface area contributed by atoms with Crippen molar-refractivity contribution in [3.63, 3.8) is 0 Å². The van der Waals surface area contributed by atoms with Crippen LogP contribution in [0.25, 0.3) is 33.3 Å². The molecule has 3 aliphatic heterocycles. The first-order chi connectivity index (χ1) is 32.3. The maximum atomic E-state index is 14.7. The number of rotatable bonds is 11. The van der Waals surface area contributed by atoms with Crippen LogP contribution in [-0.4, -0.2) is 126 Å². The normalized spacial score (nSPS) is 20.0. The molecule has 68 heavy (non-hydrogen) atoms. The van der Waals surface area contributed by atoms with Crippen molar-refractivity contribution in [1.82, 2.24) is 35.1 Å². The van der Waals surface area contributed by atoms with Crippen LogP contribution in [0.4, 0.5) is 0 Å². The van der Waals surface area contributed by atoms with Crippen LogP contribution < -0.4 is 10.7 Å². The second kappa shape index (κ2) is 21.0. The molecule has 0 spiro atoms. The lowest BCUT2D eigenvalue weighted by atomic mass is 9.84. The van der Waals surface area contributed by atoms with E-state index >= 15 is 0 Å². The summed E-state index contributed by atoms with van der Waals surface area (Å²) >= 11 is 0. The number of aromatic nitrogens is 2. The van der Waals surface area contributed by atoms with Crippen molar-refractivity contribution in [3.8, 4) is 34.2 Å². The summed E-state index contributed by atoms with van der Waals surface area (Å²) in [5.74, 6) is 3.81. The number of benzene rings is 2. The lowest BCUT2D eigenvalue weighted by Gasteiger charge is -2.39. The molecule has 2 saturated heterocycles. The number of aryl methyl sites for hydroxylation is 1.